The van der Waals surface area contributed by atoms with Gasteiger partial charge in [-0.2, -0.15) is 11.8 Å². The summed E-state index contributed by atoms with van der Waals surface area (Å²) in [5.74, 6) is 1.73. The zero-order valence-electron chi connectivity index (χ0n) is 10.9. The molecule has 1 fully saturated rings. The van der Waals surface area contributed by atoms with E-state index in [9.17, 15) is 8.42 Å². The molecule has 2 rings (SSSR count). The maximum atomic E-state index is 12.2. The fourth-order valence-corrected chi connectivity index (χ4v) is 5.07. The molecule has 1 unspecified atom stereocenters. The lowest BCUT2D eigenvalue weighted by Gasteiger charge is -2.36. The van der Waals surface area contributed by atoms with Gasteiger partial charge in [-0.25, -0.2) is 8.42 Å². The van der Waals surface area contributed by atoms with Crippen molar-refractivity contribution in [3.05, 3.63) is 24.0 Å². The molecule has 1 aromatic heterocycles. The number of thioether (sulfide) groups is 1. The Morgan fingerprint density at radius 3 is 2.89 bits per heavy atom. The van der Waals surface area contributed by atoms with Gasteiger partial charge in [0.1, 0.15) is 5.37 Å². The van der Waals surface area contributed by atoms with Gasteiger partial charge < -0.3 is 10.6 Å². The number of hydrogen-bond acceptors (Lipinski definition) is 6. The van der Waals surface area contributed by atoms with E-state index >= 15 is 0 Å². The molecule has 2 heterocycles. The van der Waals surface area contributed by atoms with Gasteiger partial charge in [-0.05, 0) is 12.1 Å². The van der Waals surface area contributed by atoms with Gasteiger partial charge in [-0.15, -0.1) is 0 Å². The molecule has 5 nitrogen and oxygen atoms in total. The molecule has 106 valence electrons. The highest BCUT2D eigenvalue weighted by Gasteiger charge is 2.33. The van der Waals surface area contributed by atoms with Crippen molar-refractivity contribution < 1.29 is 8.42 Å². The van der Waals surface area contributed by atoms with Crippen LogP contribution < -0.4 is 10.6 Å². The van der Waals surface area contributed by atoms with Crippen LogP contribution in [0.5, 0.6) is 0 Å². The highest BCUT2D eigenvalue weighted by molar-refractivity contribution is 8.01. The van der Waals surface area contributed by atoms with E-state index in [2.05, 4.69) is 4.98 Å². The maximum absolute atomic E-state index is 12.2. The van der Waals surface area contributed by atoms with Crippen LogP contribution in [-0.2, 0) is 16.4 Å². The number of nitrogens with two attached hydrogens (primary N) is 1. The van der Waals surface area contributed by atoms with Crippen LogP contribution in [0.3, 0.4) is 0 Å². The van der Waals surface area contributed by atoms with Gasteiger partial charge in [-0.1, -0.05) is 6.92 Å². The van der Waals surface area contributed by atoms with E-state index in [4.69, 9.17) is 5.73 Å². The lowest BCUT2D eigenvalue weighted by Crippen LogP contribution is -2.48. The third kappa shape index (κ3) is 3.21. The summed E-state index contributed by atoms with van der Waals surface area (Å²) in [5, 5.41) is -0.443. The predicted molar refractivity (Wildman–Crippen MR) is 80.0 cm³/mol. The van der Waals surface area contributed by atoms with Crippen molar-refractivity contribution in [1.82, 2.24) is 4.98 Å². The predicted octanol–water partition coefficient (Wildman–Crippen LogP) is 0.854. The third-order valence-corrected chi connectivity index (χ3v) is 6.54. The van der Waals surface area contributed by atoms with Crippen LogP contribution >= 0.6 is 11.8 Å². The van der Waals surface area contributed by atoms with Gasteiger partial charge in [0, 0.05) is 30.3 Å². The van der Waals surface area contributed by atoms with Crippen molar-refractivity contribution in [2.24, 2.45) is 5.73 Å². The summed E-state index contributed by atoms with van der Waals surface area (Å²) in [7, 11) is -3.08. The number of sulfone groups is 1. The van der Waals surface area contributed by atoms with Crippen molar-refractivity contribution in [3.63, 3.8) is 0 Å². The third-order valence-electron chi connectivity index (χ3n) is 3.25. The van der Waals surface area contributed by atoms with E-state index in [-0.39, 0.29) is 5.75 Å². The minimum atomic E-state index is -3.08. The average molecular weight is 301 g/mol. The summed E-state index contributed by atoms with van der Waals surface area (Å²) in [6.45, 7) is 2.83. The Labute approximate surface area is 118 Å². The molecule has 1 aromatic rings. The van der Waals surface area contributed by atoms with Gasteiger partial charge in [0.2, 0.25) is 0 Å². The molecule has 1 aliphatic rings. The summed E-state index contributed by atoms with van der Waals surface area (Å²) in [5.41, 5.74) is 7.19. The first-order valence-electron chi connectivity index (χ1n) is 6.29. The molecule has 0 aliphatic carbocycles. The average Bonchev–Trinajstić information content (AvgIpc) is 2.47. The van der Waals surface area contributed by atoms with Crippen LogP contribution in [0, 0.1) is 0 Å². The monoisotopic (exact) mass is 301 g/mol. The van der Waals surface area contributed by atoms with E-state index in [0.717, 1.165) is 23.7 Å². The zero-order chi connectivity index (χ0) is 13.9. The molecule has 1 atom stereocenters. The number of nitrogens with zero attached hydrogens (tertiary/aromatic N) is 2. The fraction of sp³-hybridized carbons (Fsp3) is 0.583. The Hall–Kier alpha value is -0.790. The first-order valence-corrected chi connectivity index (χ1v) is 9.16. The number of pyridine rings is 1. The molecular weight excluding hydrogens is 282 g/mol. The van der Waals surface area contributed by atoms with Crippen LogP contribution in [0.15, 0.2) is 18.3 Å². The van der Waals surface area contributed by atoms with Crippen LogP contribution in [0.4, 0.5) is 5.69 Å². The van der Waals surface area contributed by atoms with Gasteiger partial charge in [0.15, 0.2) is 9.84 Å². The number of hydrogen-bond donors (Lipinski definition) is 1. The number of aromatic nitrogens is 1. The summed E-state index contributed by atoms with van der Waals surface area (Å²) in [4.78, 5) is 6.19. The minimum Gasteiger partial charge on any atom is -0.352 e. The largest absolute Gasteiger partial charge is 0.352 e. The molecule has 0 spiro atoms. The van der Waals surface area contributed by atoms with Crippen molar-refractivity contribution in [3.8, 4) is 0 Å². The van der Waals surface area contributed by atoms with E-state index in [1.807, 2.05) is 17.0 Å². The smallest absolute Gasteiger partial charge is 0.171 e. The Morgan fingerprint density at radius 1 is 1.53 bits per heavy atom. The first-order chi connectivity index (χ1) is 9.08. The summed E-state index contributed by atoms with van der Waals surface area (Å²) in [6.07, 6.45) is 1.72. The second-order valence-electron chi connectivity index (χ2n) is 4.39. The van der Waals surface area contributed by atoms with Crippen molar-refractivity contribution >= 4 is 27.3 Å². The van der Waals surface area contributed by atoms with E-state index in [1.165, 1.54) is 0 Å². The van der Waals surface area contributed by atoms with Gasteiger partial charge in [0.25, 0.3) is 0 Å². The molecule has 0 aromatic carbocycles. The van der Waals surface area contributed by atoms with Crippen molar-refractivity contribution in [1.29, 1.82) is 0 Å². The minimum absolute atomic E-state index is 0.170. The van der Waals surface area contributed by atoms with Gasteiger partial charge in [0.05, 0.1) is 17.6 Å². The highest BCUT2D eigenvalue weighted by Crippen LogP contribution is 2.26. The Bertz CT molecular complexity index is 516. The molecule has 19 heavy (non-hydrogen) atoms. The quantitative estimate of drug-likeness (QED) is 0.888. The Balaban J connectivity index is 2.28. The maximum Gasteiger partial charge on any atom is 0.171 e. The lowest BCUT2D eigenvalue weighted by molar-refractivity contribution is 0.579. The van der Waals surface area contributed by atoms with E-state index < -0.39 is 15.2 Å². The van der Waals surface area contributed by atoms with Gasteiger partial charge in [-0.3, -0.25) is 4.98 Å². The topological polar surface area (TPSA) is 76.3 Å². The molecule has 1 aliphatic heterocycles. The van der Waals surface area contributed by atoms with Crippen LogP contribution in [0.2, 0.25) is 0 Å². The van der Waals surface area contributed by atoms with Crippen molar-refractivity contribution in [2.75, 3.05) is 28.7 Å². The number of anilines is 1. The Kier molecular flexibility index (Phi) is 4.70. The molecule has 7 heteroatoms. The molecule has 0 bridgehead atoms. The molecule has 2 N–H and O–H groups in total. The van der Waals surface area contributed by atoms with Crippen LogP contribution in [0.25, 0.3) is 0 Å². The second kappa shape index (κ2) is 6.11. The summed E-state index contributed by atoms with van der Waals surface area (Å²) >= 11 is 1.69. The van der Waals surface area contributed by atoms with Crippen LogP contribution in [-0.4, -0.2) is 42.6 Å². The van der Waals surface area contributed by atoms with E-state index in [1.54, 1.807) is 24.9 Å². The summed E-state index contributed by atoms with van der Waals surface area (Å²) < 4.78 is 24.3. The molecule has 0 radical (unpaired) electrons. The standard InChI is InChI=1S/C12H19N3O2S2/c1-2-19(16,17)12-9-18-6-5-15(12)11-4-3-10(7-13)14-8-11/h3-4,8,12H,2,5-7,9,13H2,1H3. The molecule has 0 amide bonds. The highest BCUT2D eigenvalue weighted by atomic mass is 32.2. The van der Waals surface area contributed by atoms with E-state index in [0.29, 0.717) is 12.3 Å². The van der Waals surface area contributed by atoms with Crippen molar-refractivity contribution in [2.45, 2.75) is 18.8 Å². The molecule has 0 saturated carbocycles. The summed E-state index contributed by atoms with van der Waals surface area (Å²) in [6, 6.07) is 3.76. The van der Waals surface area contributed by atoms with Gasteiger partial charge >= 0.3 is 0 Å². The van der Waals surface area contributed by atoms with Crippen LogP contribution in [0.1, 0.15) is 12.6 Å². The Morgan fingerprint density at radius 2 is 2.32 bits per heavy atom. The fourth-order valence-electron chi connectivity index (χ4n) is 2.07. The number of rotatable bonds is 4. The molecular formula is C12H19N3O2S2. The lowest BCUT2D eigenvalue weighted by atomic mass is 10.3. The molecule has 1 saturated heterocycles. The second-order valence-corrected chi connectivity index (χ2v) is 7.98. The first kappa shape index (κ1) is 14.6. The SMILES string of the molecule is CCS(=O)(=O)C1CSCCN1c1ccc(CN)nc1. The normalized spacial score (nSPS) is 20.5. The zero-order valence-corrected chi connectivity index (χ0v) is 12.6.